The summed E-state index contributed by atoms with van der Waals surface area (Å²) >= 11 is 5.04. The molecule has 0 aliphatic rings. The maximum Gasteiger partial charge on any atom is 0.116 e. The van der Waals surface area contributed by atoms with Gasteiger partial charge in [-0.25, -0.2) is 0 Å². The van der Waals surface area contributed by atoms with Gasteiger partial charge >= 0.3 is 0 Å². The third-order valence-corrected chi connectivity index (χ3v) is 3.64. The number of hydrogen-bond acceptors (Lipinski definition) is 3. The van der Waals surface area contributed by atoms with E-state index >= 15 is 0 Å². The van der Waals surface area contributed by atoms with Crippen LogP contribution in [-0.4, -0.2) is 5.11 Å². The van der Waals surface area contributed by atoms with E-state index < -0.39 is 0 Å². The van der Waals surface area contributed by atoms with Crippen molar-refractivity contribution in [2.75, 3.05) is 0 Å². The Balaban J connectivity index is 2.41. The molecule has 1 atom stereocenters. The summed E-state index contributed by atoms with van der Waals surface area (Å²) < 4.78 is 0.916. The zero-order valence-corrected chi connectivity index (χ0v) is 10.3. The zero-order valence-electron chi connectivity index (χ0n) is 7.85. The zero-order chi connectivity index (χ0) is 10.8. The number of nitrogens with two attached hydrogens (primary N) is 1. The molecular weight excluding hydrogens is 274 g/mol. The van der Waals surface area contributed by atoms with Crippen LogP contribution in [-0.2, 0) is 0 Å². The van der Waals surface area contributed by atoms with Crippen molar-refractivity contribution in [3.63, 3.8) is 0 Å². The van der Waals surface area contributed by atoms with Crippen LogP contribution in [0.1, 0.15) is 17.2 Å². The summed E-state index contributed by atoms with van der Waals surface area (Å²) in [5.41, 5.74) is 8.05. The molecule has 0 spiro atoms. The van der Waals surface area contributed by atoms with Gasteiger partial charge in [-0.3, -0.25) is 0 Å². The summed E-state index contributed by atoms with van der Waals surface area (Å²) in [6.45, 7) is 0. The molecule has 1 aromatic heterocycles. The molecule has 0 unspecified atom stereocenters. The standard InChI is InChI=1S/C11H10BrNOS/c12-10-2-1-8(14)5-9(10)11(13)7-3-4-15-6-7/h1-6,11,14H,13H2/t11-/m1/s1. The Kier molecular flexibility index (Phi) is 3.09. The monoisotopic (exact) mass is 283 g/mol. The molecule has 0 saturated heterocycles. The lowest BCUT2D eigenvalue weighted by molar-refractivity contribution is 0.474. The molecule has 0 bridgehead atoms. The molecule has 3 N–H and O–H groups in total. The van der Waals surface area contributed by atoms with E-state index in [1.165, 1.54) is 0 Å². The van der Waals surface area contributed by atoms with Crippen molar-refractivity contribution in [2.45, 2.75) is 6.04 Å². The largest absolute Gasteiger partial charge is 0.508 e. The molecule has 2 aromatic rings. The van der Waals surface area contributed by atoms with Gasteiger partial charge in [0.05, 0.1) is 6.04 Å². The molecule has 15 heavy (non-hydrogen) atoms. The van der Waals surface area contributed by atoms with Crippen molar-refractivity contribution < 1.29 is 5.11 Å². The average Bonchev–Trinajstić information content (AvgIpc) is 2.74. The van der Waals surface area contributed by atoms with Gasteiger partial charge < -0.3 is 10.8 Å². The Bertz CT molecular complexity index is 456. The fraction of sp³-hybridized carbons (Fsp3) is 0.0909. The molecule has 0 fully saturated rings. The maximum atomic E-state index is 9.41. The second-order valence-electron chi connectivity index (χ2n) is 3.24. The summed E-state index contributed by atoms with van der Waals surface area (Å²) in [7, 11) is 0. The first-order chi connectivity index (χ1) is 7.18. The van der Waals surface area contributed by atoms with Gasteiger partial charge in [-0.15, -0.1) is 0 Å². The van der Waals surface area contributed by atoms with E-state index in [1.807, 2.05) is 16.8 Å². The van der Waals surface area contributed by atoms with Gasteiger partial charge in [0.2, 0.25) is 0 Å². The molecule has 2 nitrogen and oxygen atoms in total. The van der Waals surface area contributed by atoms with Gasteiger partial charge in [0.1, 0.15) is 5.75 Å². The van der Waals surface area contributed by atoms with Crippen LogP contribution in [0.4, 0.5) is 0 Å². The molecule has 0 radical (unpaired) electrons. The topological polar surface area (TPSA) is 46.2 Å². The van der Waals surface area contributed by atoms with Crippen molar-refractivity contribution in [3.05, 3.63) is 50.6 Å². The first kappa shape index (κ1) is 10.7. The normalized spacial score (nSPS) is 12.7. The summed E-state index contributed by atoms with van der Waals surface area (Å²) in [6.07, 6.45) is 0. The van der Waals surface area contributed by atoms with E-state index in [-0.39, 0.29) is 11.8 Å². The van der Waals surface area contributed by atoms with Crippen LogP contribution in [0.25, 0.3) is 0 Å². The van der Waals surface area contributed by atoms with Crippen molar-refractivity contribution in [1.82, 2.24) is 0 Å². The molecule has 0 aliphatic heterocycles. The van der Waals surface area contributed by atoms with Crippen LogP contribution < -0.4 is 5.73 Å². The van der Waals surface area contributed by atoms with E-state index in [4.69, 9.17) is 5.73 Å². The van der Waals surface area contributed by atoms with Gasteiger partial charge in [0, 0.05) is 4.47 Å². The molecule has 0 saturated carbocycles. The first-order valence-electron chi connectivity index (χ1n) is 4.44. The Labute approximate surface area is 100 Å². The highest BCUT2D eigenvalue weighted by molar-refractivity contribution is 9.10. The fourth-order valence-electron chi connectivity index (χ4n) is 1.40. The molecule has 4 heteroatoms. The van der Waals surface area contributed by atoms with E-state index in [0.717, 1.165) is 15.6 Å². The van der Waals surface area contributed by atoms with Gasteiger partial charge in [-0.2, -0.15) is 11.3 Å². The second kappa shape index (κ2) is 4.35. The van der Waals surface area contributed by atoms with Crippen molar-refractivity contribution in [1.29, 1.82) is 0 Å². The summed E-state index contributed by atoms with van der Waals surface area (Å²) in [5, 5.41) is 13.4. The number of benzene rings is 1. The minimum absolute atomic E-state index is 0.197. The number of halogens is 1. The lowest BCUT2D eigenvalue weighted by Crippen LogP contribution is -2.11. The van der Waals surface area contributed by atoms with Crippen molar-refractivity contribution >= 4 is 27.3 Å². The third kappa shape index (κ3) is 2.22. The smallest absolute Gasteiger partial charge is 0.116 e. The van der Waals surface area contributed by atoms with Crippen molar-refractivity contribution in [2.24, 2.45) is 5.73 Å². The number of thiophene rings is 1. The van der Waals surface area contributed by atoms with E-state index in [9.17, 15) is 5.11 Å². The van der Waals surface area contributed by atoms with Gasteiger partial charge in [-0.1, -0.05) is 15.9 Å². The lowest BCUT2D eigenvalue weighted by Gasteiger charge is -2.12. The van der Waals surface area contributed by atoms with E-state index in [0.29, 0.717) is 0 Å². The second-order valence-corrected chi connectivity index (χ2v) is 4.87. The molecule has 1 aromatic carbocycles. The van der Waals surface area contributed by atoms with Gasteiger partial charge in [0.15, 0.2) is 0 Å². The van der Waals surface area contributed by atoms with Crippen LogP contribution >= 0.6 is 27.3 Å². The Morgan fingerprint density at radius 2 is 2.13 bits per heavy atom. The highest BCUT2D eigenvalue weighted by atomic mass is 79.9. The Hall–Kier alpha value is -0.840. The first-order valence-corrected chi connectivity index (χ1v) is 6.18. The third-order valence-electron chi connectivity index (χ3n) is 2.22. The summed E-state index contributed by atoms with van der Waals surface area (Å²) in [6, 6.07) is 6.92. The van der Waals surface area contributed by atoms with Gasteiger partial charge in [0.25, 0.3) is 0 Å². The number of rotatable bonds is 2. The average molecular weight is 284 g/mol. The summed E-state index contributed by atoms with van der Waals surface area (Å²) in [4.78, 5) is 0. The lowest BCUT2D eigenvalue weighted by atomic mass is 10.0. The van der Waals surface area contributed by atoms with Crippen LogP contribution in [0.5, 0.6) is 5.75 Å². The number of aromatic hydroxyl groups is 1. The van der Waals surface area contributed by atoms with Crippen LogP contribution in [0, 0.1) is 0 Å². The number of phenolic OH excluding ortho intramolecular Hbond substituents is 1. The van der Waals surface area contributed by atoms with E-state index in [1.54, 1.807) is 29.5 Å². The van der Waals surface area contributed by atoms with E-state index in [2.05, 4.69) is 15.9 Å². The maximum absolute atomic E-state index is 9.41. The van der Waals surface area contributed by atoms with Crippen LogP contribution in [0.2, 0.25) is 0 Å². The van der Waals surface area contributed by atoms with Crippen LogP contribution in [0.3, 0.4) is 0 Å². The quantitative estimate of drug-likeness (QED) is 0.889. The van der Waals surface area contributed by atoms with Crippen LogP contribution in [0.15, 0.2) is 39.5 Å². The minimum atomic E-state index is -0.197. The van der Waals surface area contributed by atoms with Crippen molar-refractivity contribution in [3.8, 4) is 5.75 Å². The molecule has 0 amide bonds. The molecule has 2 rings (SSSR count). The highest BCUT2D eigenvalue weighted by Gasteiger charge is 2.13. The number of phenols is 1. The number of hydrogen-bond donors (Lipinski definition) is 2. The fourth-order valence-corrected chi connectivity index (χ4v) is 2.59. The highest BCUT2D eigenvalue weighted by Crippen LogP contribution is 2.30. The minimum Gasteiger partial charge on any atom is -0.508 e. The molecular formula is C11H10BrNOS. The molecule has 0 aliphatic carbocycles. The molecule has 78 valence electrons. The predicted octanol–water partition coefficient (Wildman–Crippen LogP) is 3.26. The predicted molar refractivity (Wildman–Crippen MR) is 66.2 cm³/mol. The molecule has 1 heterocycles. The Morgan fingerprint density at radius 1 is 1.33 bits per heavy atom. The Morgan fingerprint density at radius 3 is 2.80 bits per heavy atom. The SMILES string of the molecule is N[C@H](c1ccsc1)c1cc(O)ccc1Br. The van der Waals surface area contributed by atoms with Gasteiger partial charge in [-0.05, 0) is 46.2 Å². The summed E-state index contributed by atoms with van der Waals surface area (Å²) in [5.74, 6) is 0.235.